The summed E-state index contributed by atoms with van der Waals surface area (Å²) in [6.45, 7) is 3.58. The molecule has 207 valence electrons. The Kier molecular flexibility index (Phi) is 13.8. The summed E-state index contributed by atoms with van der Waals surface area (Å²) >= 11 is 0. The summed E-state index contributed by atoms with van der Waals surface area (Å²) in [5, 5.41) is 18.3. The van der Waals surface area contributed by atoms with Gasteiger partial charge in [0.2, 0.25) is 0 Å². The van der Waals surface area contributed by atoms with Gasteiger partial charge in [-0.05, 0) is 38.1 Å². The second kappa shape index (κ2) is 15.1. The zero-order valence-corrected chi connectivity index (χ0v) is 21.8. The maximum atomic E-state index is 12.7. The van der Waals surface area contributed by atoms with E-state index in [0.717, 1.165) is 36.4 Å². The number of aliphatic hydroxyl groups excluding tert-OH is 2. The Bertz CT molecular complexity index is 1270. The summed E-state index contributed by atoms with van der Waals surface area (Å²) in [7, 11) is -9.73. The van der Waals surface area contributed by atoms with Crippen molar-refractivity contribution in [1.29, 1.82) is 0 Å². The molecule has 2 rings (SSSR count). The number of benzene rings is 2. The minimum atomic E-state index is -4.86. The number of carbonyl (C=O) groups is 2. The van der Waals surface area contributed by atoms with Crippen LogP contribution in [-0.2, 0) is 47.0 Å². The fraction of sp³-hybridized carbons (Fsp3) is 0.182. The van der Waals surface area contributed by atoms with E-state index in [9.17, 15) is 34.2 Å². The van der Waals surface area contributed by atoms with Crippen LogP contribution in [0.3, 0.4) is 0 Å². The zero-order chi connectivity index (χ0) is 27.5. The van der Waals surface area contributed by atoms with E-state index < -0.39 is 53.7 Å². The molecule has 0 saturated heterocycles. The van der Waals surface area contributed by atoms with Gasteiger partial charge in [0, 0.05) is 28.2 Å². The Morgan fingerprint density at radius 2 is 1.08 bits per heavy atom. The maximum absolute atomic E-state index is 12.7. The van der Waals surface area contributed by atoms with E-state index in [1.54, 1.807) is 13.8 Å². The molecule has 0 bridgehead atoms. The minimum absolute atomic E-state index is 0. The normalized spacial score (nSPS) is 11.9. The Hall–Kier alpha value is -3.26. The van der Waals surface area contributed by atoms with Crippen molar-refractivity contribution in [3.63, 3.8) is 0 Å². The number of halogens is 2. The van der Waals surface area contributed by atoms with Crippen LogP contribution >= 0.6 is 0 Å². The van der Waals surface area contributed by atoms with Crippen molar-refractivity contribution in [2.45, 2.75) is 23.6 Å². The molecule has 2 aromatic carbocycles. The van der Waals surface area contributed by atoms with Gasteiger partial charge < -0.3 is 19.7 Å². The fourth-order valence-electron chi connectivity index (χ4n) is 2.37. The van der Waals surface area contributed by atoms with Crippen LogP contribution in [0.4, 0.5) is 7.77 Å². The predicted molar refractivity (Wildman–Crippen MR) is 123 cm³/mol. The number of hydrogen-bond acceptors (Lipinski definition) is 10. The molecule has 0 aliphatic rings. The number of ether oxygens (including phenoxy) is 2. The van der Waals surface area contributed by atoms with Crippen molar-refractivity contribution in [2.24, 2.45) is 0 Å². The molecule has 0 unspecified atom stereocenters. The molecular formula is C22H22CuF2O10S2. The Morgan fingerprint density at radius 3 is 1.35 bits per heavy atom. The third-order valence-corrected chi connectivity index (χ3v) is 5.53. The van der Waals surface area contributed by atoms with Gasteiger partial charge in [0.25, 0.3) is 11.9 Å². The van der Waals surface area contributed by atoms with Gasteiger partial charge in [0.1, 0.15) is 0 Å². The molecule has 1 radical (unpaired) electrons. The van der Waals surface area contributed by atoms with E-state index in [1.807, 2.05) is 0 Å². The second-order valence-corrected chi connectivity index (χ2v) is 9.19. The van der Waals surface area contributed by atoms with E-state index in [0.29, 0.717) is 0 Å². The molecule has 0 aliphatic heterocycles. The van der Waals surface area contributed by atoms with Crippen LogP contribution in [-0.4, -0.2) is 51.8 Å². The number of carbonyl (C=O) groups excluding carboxylic acids is 2. The van der Waals surface area contributed by atoms with Crippen LogP contribution in [0.2, 0.25) is 0 Å². The molecule has 0 heterocycles. The first kappa shape index (κ1) is 33.7. The maximum Gasteiger partial charge on any atom is 0.332 e. The number of hydrogen-bond donors (Lipinski definition) is 2. The van der Waals surface area contributed by atoms with E-state index in [2.05, 4.69) is 9.47 Å². The first-order valence-corrected chi connectivity index (χ1v) is 12.7. The molecule has 0 amide bonds. The van der Waals surface area contributed by atoms with Crippen LogP contribution in [0.25, 0.3) is 0 Å². The number of allylic oxidation sites excluding steroid dienone is 2. The van der Waals surface area contributed by atoms with Crippen molar-refractivity contribution in [1.82, 2.24) is 0 Å². The summed E-state index contributed by atoms with van der Waals surface area (Å²) in [4.78, 5) is 21.9. The van der Waals surface area contributed by atoms with E-state index in [1.165, 1.54) is 24.3 Å². The topological polar surface area (TPSA) is 161 Å². The third-order valence-electron chi connectivity index (χ3n) is 3.89. The van der Waals surface area contributed by atoms with Crippen LogP contribution < -0.4 is 0 Å². The van der Waals surface area contributed by atoms with Crippen molar-refractivity contribution in [3.8, 4) is 0 Å². The van der Waals surface area contributed by atoms with Crippen molar-refractivity contribution in [2.75, 3.05) is 13.2 Å². The van der Waals surface area contributed by atoms with Crippen LogP contribution in [0.1, 0.15) is 34.6 Å². The third kappa shape index (κ3) is 12.0. The summed E-state index contributed by atoms with van der Waals surface area (Å²) in [6, 6.07) is 8.87. The molecular weight excluding hydrogens is 590 g/mol. The average molecular weight is 612 g/mol. The van der Waals surface area contributed by atoms with Gasteiger partial charge in [0.05, 0.1) is 35.2 Å². The largest absolute Gasteiger partial charge is 0.481 e. The van der Waals surface area contributed by atoms with Gasteiger partial charge in [-0.1, -0.05) is 24.3 Å². The number of rotatable bonds is 10. The predicted octanol–water partition coefficient (Wildman–Crippen LogP) is 3.92. The van der Waals surface area contributed by atoms with E-state index in [4.69, 9.17) is 10.2 Å². The molecule has 0 spiro atoms. The summed E-state index contributed by atoms with van der Waals surface area (Å²) < 4.78 is 77.4. The average Bonchev–Trinajstić information content (AvgIpc) is 2.79. The van der Waals surface area contributed by atoms with Crippen molar-refractivity contribution < 1.29 is 71.0 Å². The van der Waals surface area contributed by atoms with Crippen LogP contribution in [0.15, 0.2) is 82.4 Å². The minimum Gasteiger partial charge on any atom is -0.481 e. The van der Waals surface area contributed by atoms with E-state index in [-0.39, 0.29) is 41.4 Å². The molecule has 0 fully saturated rings. The van der Waals surface area contributed by atoms with Crippen molar-refractivity contribution in [3.05, 3.63) is 83.7 Å². The molecule has 0 aromatic heterocycles. The monoisotopic (exact) mass is 611 g/mol. The first-order chi connectivity index (χ1) is 16.7. The quantitative estimate of drug-likeness (QED) is 0.132. The van der Waals surface area contributed by atoms with Gasteiger partial charge in [-0.25, -0.2) is 0 Å². The zero-order valence-electron chi connectivity index (χ0n) is 19.2. The SMILES string of the molecule is CCOC(O)=CC(=O)c1cccc(S(=O)(=O)F)c1.CCOC(O)=CC(=O)c1cccc(S(=O)(=O)F)c1.[Cu]. The fourth-order valence-corrected chi connectivity index (χ4v) is 3.39. The summed E-state index contributed by atoms with van der Waals surface area (Å²) in [5.74, 6) is -2.55. The molecule has 15 heteroatoms. The Morgan fingerprint density at radius 1 is 0.757 bits per heavy atom. The van der Waals surface area contributed by atoms with Gasteiger partial charge >= 0.3 is 20.4 Å². The molecule has 10 nitrogen and oxygen atoms in total. The molecule has 0 saturated carbocycles. The standard InChI is InChI=1S/2C11H11FO5S.Cu/c2*1-2-17-11(14)7-10(13)8-4-3-5-9(6-8)18(12,15)16;/h2*3-7,14H,2H2,1H3;. The van der Waals surface area contributed by atoms with Crippen LogP contribution in [0, 0.1) is 0 Å². The summed E-state index contributed by atoms with van der Waals surface area (Å²) in [6.07, 6.45) is 1.57. The van der Waals surface area contributed by atoms with E-state index >= 15 is 0 Å². The number of ketones is 2. The van der Waals surface area contributed by atoms with Gasteiger partial charge in [-0.2, -0.15) is 16.8 Å². The smallest absolute Gasteiger partial charge is 0.332 e. The Labute approximate surface area is 223 Å². The molecule has 0 atom stereocenters. The molecule has 0 aliphatic carbocycles. The van der Waals surface area contributed by atoms with Crippen molar-refractivity contribution >= 4 is 32.0 Å². The second-order valence-electron chi connectivity index (χ2n) is 6.49. The van der Waals surface area contributed by atoms with Gasteiger partial charge in [0.15, 0.2) is 11.6 Å². The first-order valence-electron chi connectivity index (χ1n) is 9.94. The molecule has 37 heavy (non-hydrogen) atoms. The number of aliphatic hydroxyl groups is 2. The molecule has 2 N–H and O–H groups in total. The Balaban J connectivity index is 0.000000682. The van der Waals surface area contributed by atoms with Gasteiger partial charge in [-0.15, -0.1) is 7.77 Å². The summed E-state index contributed by atoms with van der Waals surface area (Å²) in [5.41, 5.74) is -0.139. The molecule has 2 aromatic rings. The van der Waals surface area contributed by atoms with Crippen LogP contribution in [0.5, 0.6) is 0 Å². The van der Waals surface area contributed by atoms with Gasteiger partial charge in [-0.3, -0.25) is 9.59 Å².